The summed E-state index contributed by atoms with van der Waals surface area (Å²) in [6.07, 6.45) is 0. The molecule has 0 bridgehead atoms. The number of rotatable bonds is 3. The molecule has 0 unspecified atom stereocenters. The van der Waals surface area contributed by atoms with E-state index in [1.807, 2.05) is 19.9 Å². The topological polar surface area (TPSA) is 38.7 Å². The molecule has 0 radical (unpaired) electrons. The van der Waals surface area contributed by atoms with Crippen LogP contribution in [-0.4, -0.2) is 19.3 Å². The smallest absolute Gasteiger partial charge is 0.164 e. The minimum absolute atomic E-state index is 0.694. The summed E-state index contributed by atoms with van der Waals surface area (Å²) in [5, 5.41) is 10.1. The minimum Gasteiger partial charge on any atom is -0.493 e. The van der Waals surface area contributed by atoms with E-state index in [0.29, 0.717) is 5.75 Å². The van der Waals surface area contributed by atoms with Crippen LogP contribution in [-0.2, 0) is 5.60 Å². The van der Waals surface area contributed by atoms with Crippen LogP contribution in [0.5, 0.6) is 11.5 Å². The van der Waals surface area contributed by atoms with Gasteiger partial charge in [0.05, 0.1) is 19.8 Å². The van der Waals surface area contributed by atoms with Crippen LogP contribution in [0.4, 0.5) is 0 Å². The van der Waals surface area contributed by atoms with Crippen LogP contribution in [0.2, 0.25) is 0 Å². The lowest BCUT2D eigenvalue weighted by molar-refractivity contribution is 0.0774. The molecule has 0 aromatic heterocycles. The van der Waals surface area contributed by atoms with Gasteiger partial charge < -0.3 is 14.6 Å². The van der Waals surface area contributed by atoms with Crippen molar-refractivity contribution in [3.63, 3.8) is 0 Å². The largest absolute Gasteiger partial charge is 0.493 e. The third kappa shape index (κ3) is 2.14. The van der Waals surface area contributed by atoms with Crippen molar-refractivity contribution >= 4 is 0 Å². The molecule has 0 amide bonds. The summed E-state index contributed by atoms with van der Waals surface area (Å²) in [6.45, 7) is 7.39. The van der Waals surface area contributed by atoms with Crippen molar-refractivity contribution in [3.8, 4) is 11.5 Å². The zero-order valence-corrected chi connectivity index (χ0v) is 10.8. The Balaban J connectivity index is 3.53. The van der Waals surface area contributed by atoms with E-state index < -0.39 is 5.60 Å². The van der Waals surface area contributed by atoms with Gasteiger partial charge in [0.15, 0.2) is 11.5 Å². The summed E-state index contributed by atoms with van der Waals surface area (Å²) in [4.78, 5) is 0. The maximum atomic E-state index is 10.1. The summed E-state index contributed by atoms with van der Waals surface area (Å²) in [5.74, 6) is 1.42. The number of aliphatic hydroxyl groups is 1. The standard InChI is InChI=1S/C13H20O3/c1-8-7-10(13(3,4)14)9(2)12(16-6)11(8)15-5/h7,14H,1-6H3. The van der Waals surface area contributed by atoms with Crippen LogP contribution in [0.25, 0.3) is 0 Å². The fraction of sp³-hybridized carbons (Fsp3) is 0.538. The minimum atomic E-state index is -0.881. The van der Waals surface area contributed by atoms with Gasteiger partial charge in [-0.3, -0.25) is 0 Å². The zero-order chi connectivity index (χ0) is 12.5. The Hall–Kier alpha value is -1.22. The van der Waals surface area contributed by atoms with Gasteiger partial charge >= 0.3 is 0 Å². The lowest BCUT2D eigenvalue weighted by Gasteiger charge is -2.24. The quantitative estimate of drug-likeness (QED) is 0.857. The van der Waals surface area contributed by atoms with Crippen molar-refractivity contribution in [3.05, 3.63) is 22.8 Å². The van der Waals surface area contributed by atoms with E-state index in [1.54, 1.807) is 28.1 Å². The van der Waals surface area contributed by atoms with Crippen molar-refractivity contribution in [2.75, 3.05) is 14.2 Å². The van der Waals surface area contributed by atoms with E-state index in [4.69, 9.17) is 9.47 Å². The Bertz CT molecular complexity index is 389. The zero-order valence-electron chi connectivity index (χ0n) is 10.8. The normalized spacial score (nSPS) is 11.4. The Morgan fingerprint density at radius 1 is 1.06 bits per heavy atom. The average Bonchev–Trinajstić information content (AvgIpc) is 2.18. The van der Waals surface area contributed by atoms with E-state index in [0.717, 1.165) is 22.4 Å². The first-order valence-corrected chi connectivity index (χ1v) is 5.28. The summed E-state index contributed by atoms with van der Waals surface area (Å²) in [6, 6.07) is 1.94. The molecule has 90 valence electrons. The number of ether oxygens (including phenoxy) is 2. The molecule has 0 saturated carbocycles. The number of benzene rings is 1. The van der Waals surface area contributed by atoms with E-state index in [9.17, 15) is 5.11 Å². The monoisotopic (exact) mass is 224 g/mol. The molecule has 3 heteroatoms. The molecule has 0 saturated heterocycles. The molecule has 0 heterocycles. The van der Waals surface area contributed by atoms with Gasteiger partial charge in [0.1, 0.15) is 0 Å². The molecule has 0 aliphatic heterocycles. The van der Waals surface area contributed by atoms with Crippen LogP contribution in [0.1, 0.15) is 30.5 Å². The molecule has 1 aromatic rings. The molecule has 0 aliphatic carbocycles. The van der Waals surface area contributed by atoms with Crippen LogP contribution in [0, 0.1) is 13.8 Å². The van der Waals surface area contributed by atoms with Crippen LogP contribution in [0.15, 0.2) is 6.07 Å². The second kappa shape index (κ2) is 4.34. The maximum absolute atomic E-state index is 10.1. The van der Waals surface area contributed by atoms with Crippen LogP contribution >= 0.6 is 0 Å². The highest BCUT2D eigenvalue weighted by atomic mass is 16.5. The van der Waals surface area contributed by atoms with E-state index in [1.165, 1.54) is 0 Å². The second-order valence-electron chi connectivity index (χ2n) is 4.49. The maximum Gasteiger partial charge on any atom is 0.164 e. The van der Waals surface area contributed by atoms with Crippen molar-refractivity contribution < 1.29 is 14.6 Å². The molecule has 1 aromatic carbocycles. The van der Waals surface area contributed by atoms with Gasteiger partial charge in [0.25, 0.3) is 0 Å². The molecular formula is C13H20O3. The number of hydrogen-bond donors (Lipinski definition) is 1. The highest BCUT2D eigenvalue weighted by molar-refractivity contribution is 5.55. The SMILES string of the molecule is COc1c(C)cc(C(C)(C)O)c(C)c1OC. The average molecular weight is 224 g/mol. The first kappa shape index (κ1) is 12.8. The van der Waals surface area contributed by atoms with Gasteiger partial charge in [-0.05, 0) is 44.9 Å². The molecule has 1 rings (SSSR count). The second-order valence-corrected chi connectivity index (χ2v) is 4.49. The molecule has 3 nitrogen and oxygen atoms in total. The summed E-state index contributed by atoms with van der Waals surface area (Å²) in [7, 11) is 3.23. The van der Waals surface area contributed by atoms with Crippen molar-refractivity contribution in [2.24, 2.45) is 0 Å². The number of aryl methyl sites for hydroxylation is 1. The first-order chi connectivity index (χ1) is 7.32. The van der Waals surface area contributed by atoms with Crippen molar-refractivity contribution in [1.29, 1.82) is 0 Å². The van der Waals surface area contributed by atoms with E-state index >= 15 is 0 Å². The van der Waals surface area contributed by atoms with Gasteiger partial charge in [0.2, 0.25) is 0 Å². The highest BCUT2D eigenvalue weighted by Crippen LogP contribution is 2.39. The molecule has 0 atom stereocenters. The lowest BCUT2D eigenvalue weighted by Crippen LogP contribution is -2.18. The fourth-order valence-electron chi connectivity index (χ4n) is 2.00. The Labute approximate surface area is 97.0 Å². The predicted molar refractivity (Wildman–Crippen MR) is 64.3 cm³/mol. The Kier molecular flexibility index (Phi) is 3.48. The highest BCUT2D eigenvalue weighted by Gasteiger charge is 2.24. The first-order valence-electron chi connectivity index (χ1n) is 5.28. The molecule has 0 aliphatic rings. The van der Waals surface area contributed by atoms with Gasteiger partial charge in [0, 0.05) is 5.56 Å². The molecule has 0 fully saturated rings. The summed E-state index contributed by atoms with van der Waals surface area (Å²) in [5.41, 5.74) is 1.86. The van der Waals surface area contributed by atoms with Crippen LogP contribution in [0.3, 0.4) is 0 Å². The van der Waals surface area contributed by atoms with Crippen molar-refractivity contribution in [2.45, 2.75) is 33.3 Å². The van der Waals surface area contributed by atoms with E-state index in [2.05, 4.69) is 0 Å². The van der Waals surface area contributed by atoms with E-state index in [-0.39, 0.29) is 0 Å². The van der Waals surface area contributed by atoms with Gasteiger partial charge in [-0.25, -0.2) is 0 Å². The van der Waals surface area contributed by atoms with Gasteiger partial charge in [-0.1, -0.05) is 0 Å². The lowest BCUT2D eigenvalue weighted by atomic mass is 9.91. The van der Waals surface area contributed by atoms with Crippen LogP contribution < -0.4 is 9.47 Å². The third-order valence-corrected chi connectivity index (χ3v) is 2.74. The third-order valence-electron chi connectivity index (χ3n) is 2.74. The number of hydrogen-bond acceptors (Lipinski definition) is 3. The molecule has 0 spiro atoms. The Morgan fingerprint density at radius 3 is 1.94 bits per heavy atom. The molecular weight excluding hydrogens is 204 g/mol. The van der Waals surface area contributed by atoms with Gasteiger partial charge in [-0.15, -0.1) is 0 Å². The van der Waals surface area contributed by atoms with Gasteiger partial charge in [-0.2, -0.15) is 0 Å². The van der Waals surface area contributed by atoms with Crippen molar-refractivity contribution in [1.82, 2.24) is 0 Å². The molecule has 1 N–H and O–H groups in total. The molecule has 16 heavy (non-hydrogen) atoms. The summed E-state index contributed by atoms with van der Waals surface area (Å²) >= 11 is 0. The predicted octanol–water partition coefficient (Wildman–Crippen LogP) is 2.55. The summed E-state index contributed by atoms with van der Waals surface area (Å²) < 4.78 is 10.7. The Morgan fingerprint density at radius 2 is 1.56 bits per heavy atom. The fourth-order valence-corrected chi connectivity index (χ4v) is 2.00. The number of methoxy groups -OCH3 is 2.